The third kappa shape index (κ3) is 4.69. The van der Waals surface area contributed by atoms with Gasteiger partial charge in [-0.15, -0.1) is 0 Å². The van der Waals surface area contributed by atoms with Crippen LogP contribution in [0.25, 0.3) is 0 Å². The first kappa shape index (κ1) is 16.8. The normalized spacial score (nSPS) is 10.0. The standard InChI is InChI=1S/C16H16ClN3O3/c1-20(2)12-6-3-5-11(9-12)16(22)23-10-14(21)19-13-7-4-8-18-15(13)17/h3-9H,10H2,1-2H3,(H,19,21). The van der Waals surface area contributed by atoms with E-state index in [9.17, 15) is 9.59 Å². The molecule has 0 aliphatic carbocycles. The number of carbonyl (C=O) groups excluding carboxylic acids is 2. The van der Waals surface area contributed by atoms with Gasteiger partial charge in [0.25, 0.3) is 5.91 Å². The van der Waals surface area contributed by atoms with Crippen molar-refractivity contribution in [1.82, 2.24) is 4.98 Å². The number of carbonyl (C=O) groups is 2. The maximum atomic E-state index is 12.0. The Morgan fingerprint density at radius 1 is 1.26 bits per heavy atom. The van der Waals surface area contributed by atoms with E-state index in [4.69, 9.17) is 16.3 Å². The zero-order chi connectivity index (χ0) is 16.8. The first-order valence-electron chi connectivity index (χ1n) is 6.82. The lowest BCUT2D eigenvalue weighted by molar-refractivity contribution is -0.119. The molecule has 0 spiro atoms. The quantitative estimate of drug-likeness (QED) is 0.672. The topological polar surface area (TPSA) is 71.5 Å². The number of nitrogens with one attached hydrogen (secondary N) is 1. The molecule has 0 bridgehead atoms. The van der Waals surface area contributed by atoms with Crippen molar-refractivity contribution in [2.24, 2.45) is 0 Å². The van der Waals surface area contributed by atoms with Crippen LogP contribution >= 0.6 is 11.6 Å². The Morgan fingerprint density at radius 2 is 2.04 bits per heavy atom. The van der Waals surface area contributed by atoms with E-state index in [2.05, 4.69) is 10.3 Å². The van der Waals surface area contributed by atoms with E-state index in [1.54, 1.807) is 30.3 Å². The van der Waals surface area contributed by atoms with Gasteiger partial charge in [-0.25, -0.2) is 9.78 Å². The van der Waals surface area contributed by atoms with E-state index >= 15 is 0 Å². The molecule has 0 radical (unpaired) electrons. The summed E-state index contributed by atoms with van der Waals surface area (Å²) >= 11 is 5.84. The van der Waals surface area contributed by atoms with Crippen LogP contribution in [0.5, 0.6) is 0 Å². The van der Waals surface area contributed by atoms with Crippen LogP contribution in [0.15, 0.2) is 42.6 Å². The number of hydrogen-bond acceptors (Lipinski definition) is 5. The molecule has 1 heterocycles. The number of anilines is 2. The fourth-order valence-electron chi connectivity index (χ4n) is 1.79. The first-order chi connectivity index (χ1) is 11.0. The Kier molecular flexibility index (Phi) is 5.54. The molecule has 120 valence electrons. The van der Waals surface area contributed by atoms with E-state index in [-0.39, 0.29) is 5.15 Å². The maximum Gasteiger partial charge on any atom is 0.338 e. The number of hydrogen-bond donors (Lipinski definition) is 1. The van der Waals surface area contributed by atoms with Crippen molar-refractivity contribution < 1.29 is 14.3 Å². The number of nitrogens with zero attached hydrogens (tertiary/aromatic N) is 2. The number of amides is 1. The van der Waals surface area contributed by atoms with E-state index in [0.29, 0.717) is 11.3 Å². The highest BCUT2D eigenvalue weighted by Crippen LogP contribution is 2.17. The third-order valence-electron chi connectivity index (χ3n) is 2.97. The van der Waals surface area contributed by atoms with Crippen LogP contribution in [0.4, 0.5) is 11.4 Å². The van der Waals surface area contributed by atoms with Crippen LogP contribution in [0.1, 0.15) is 10.4 Å². The van der Waals surface area contributed by atoms with Crippen LogP contribution in [0.3, 0.4) is 0 Å². The van der Waals surface area contributed by atoms with Gasteiger partial charge >= 0.3 is 5.97 Å². The summed E-state index contributed by atoms with van der Waals surface area (Å²) < 4.78 is 5.00. The van der Waals surface area contributed by atoms with Crippen molar-refractivity contribution in [3.63, 3.8) is 0 Å². The molecule has 0 atom stereocenters. The Balaban J connectivity index is 1.92. The number of benzene rings is 1. The molecule has 0 aliphatic rings. The summed E-state index contributed by atoms with van der Waals surface area (Å²) in [5.74, 6) is -1.06. The summed E-state index contributed by atoms with van der Waals surface area (Å²) in [5.41, 5.74) is 1.61. The van der Waals surface area contributed by atoms with Crippen LogP contribution in [-0.2, 0) is 9.53 Å². The fraction of sp³-hybridized carbons (Fsp3) is 0.188. The smallest absolute Gasteiger partial charge is 0.338 e. The van der Waals surface area contributed by atoms with Gasteiger partial charge in [-0.3, -0.25) is 4.79 Å². The minimum atomic E-state index is -0.568. The molecular formula is C16H16ClN3O3. The van der Waals surface area contributed by atoms with Crippen LogP contribution < -0.4 is 10.2 Å². The van der Waals surface area contributed by atoms with Crippen molar-refractivity contribution >= 4 is 34.9 Å². The van der Waals surface area contributed by atoms with Crippen molar-refractivity contribution in [2.45, 2.75) is 0 Å². The van der Waals surface area contributed by atoms with Crippen LogP contribution in [-0.4, -0.2) is 37.6 Å². The lowest BCUT2D eigenvalue weighted by Gasteiger charge is -2.13. The van der Waals surface area contributed by atoms with E-state index in [1.165, 1.54) is 6.20 Å². The Bertz CT molecular complexity index is 719. The molecule has 1 N–H and O–H groups in total. The highest BCUT2D eigenvalue weighted by atomic mass is 35.5. The first-order valence-corrected chi connectivity index (χ1v) is 7.20. The highest BCUT2D eigenvalue weighted by Gasteiger charge is 2.12. The van der Waals surface area contributed by atoms with E-state index < -0.39 is 18.5 Å². The zero-order valence-corrected chi connectivity index (χ0v) is 13.5. The fourth-order valence-corrected chi connectivity index (χ4v) is 1.96. The third-order valence-corrected chi connectivity index (χ3v) is 3.27. The van der Waals surface area contributed by atoms with E-state index in [1.807, 2.05) is 25.1 Å². The Hall–Kier alpha value is -2.60. The number of aromatic nitrogens is 1. The van der Waals surface area contributed by atoms with Crippen molar-refractivity contribution in [3.05, 3.63) is 53.3 Å². The minimum absolute atomic E-state index is 0.172. The number of ether oxygens (including phenoxy) is 1. The maximum absolute atomic E-state index is 12.0. The molecule has 0 saturated heterocycles. The SMILES string of the molecule is CN(C)c1cccc(C(=O)OCC(=O)Nc2cccnc2Cl)c1. The van der Waals surface area contributed by atoms with Crippen LogP contribution in [0.2, 0.25) is 5.15 Å². The molecule has 1 amide bonds. The summed E-state index contributed by atoms with van der Waals surface area (Å²) in [6.07, 6.45) is 1.51. The summed E-state index contributed by atoms with van der Waals surface area (Å²) in [5, 5.41) is 2.70. The molecule has 1 aromatic heterocycles. The second kappa shape index (κ2) is 7.60. The van der Waals surface area contributed by atoms with Gasteiger partial charge in [-0.1, -0.05) is 17.7 Å². The average Bonchev–Trinajstić information content (AvgIpc) is 2.55. The summed E-state index contributed by atoms with van der Waals surface area (Å²) in [7, 11) is 3.74. The van der Waals surface area contributed by atoms with Gasteiger partial charge < -0.3 is 15.0 Å². The predicted molar refractivity (Wildman–Crippen MR) is 88.9 cm³/mol. The molecule has 0 fully saturated rings. The lowest BCUT2D eigenvalue weighted by Crippen LogP contribution is -2.21. The van der Waals surface area contributed by atoms with Gasteiger partial charge in [-0.2, -0.15) is 0 Å². The van der Waals surface area contributed by atoms with Crippen LogP contribution in [0, 0.1) is 0 Å². The summed E-state index contributed by atoms with van der Waals surface area (Å²) in [4.78, 5) is 29.5. The summed E-state index contributed by atoms with van der Waals surface area (Å²) in [6, 6.07) is 10.2. The number of rotatable bonds is 5. The molecule has 0 saturated carbocycles. The molecule has 7 heteroatoms. The van der Waals surface area contributed by atoms with Crippen molar-refractivity contribution in [1.29, 1.82) is 0 Å². The van der Waals surface area contributed by atoms with Gasteiger partial charge in [0.15, 0.2) is 11.8 Å². The highest BCUT2D eigenvalue weighted by molar-refractivity contribution is 6.32. The van der Waals surface area contributed by atoms with Gasteiger partial charge in [0.1, 0.15) is 0 Å². The largest absolute Gasteiger partial charge is 0.452 e. The second-order valence-electron chi connectivity index (χ2n) is 4.91. The lowest BCUT2D eigenvalue weighted by atomic mass is 10.2. The number of pyridine rings is 1. The molecule has 1 aromatic carbocycles. The zero-order valence-electron chi connectivity index (χ0n) is 12.7. The average molecular weight is 334 g/mol. The minimum Gasteiger partial charge on any atom is -0.452 e. The molecular weight excluding hydrogens is 318 g/mol. The number of esters is 1. The van der Waals surface area contributed by atoms with Gasteiger partial charge in [0, 0.05) is 26.0 Å². The Morgan fingerprint density at radius 3 is 2.74 bits per heavy atom. The van der Waals surface area contributed by atoms with Crippen molar-refractivity contribution in [2.75, 3.05) is 30.9 Å². The van der Waals surface area contributed by atoms with Gasteiger partial charge in [0.2, 0.25) is 0 Å². The second-order valence-corrected chi connectivity index (χ2v) is 5.27. The van der Waals surface area contributed by atoms with Gasteiger partial charge in [-0.05, 0) is 30.3 Å². The monoisotopic (exact) mass is 333 g/mol. The molecule has 2 aromatic rings. The molecule has 23 heavy (non-hydrogen) atoms. The Labute approximate surface area is 139 Å². The molecule has 2 rings (SSSR count). The molecule has 0 aliphatic heterocycles. The molecule has 0 unspecified atom stereocenters. The van der Waals surface area contributed by atoms with Gasteiger partial charge in [0.05, 0.1) is 11.3 Å². The number of halogens is 1. The summed E-state index contributed by atoms with van der Waals surface area (Å²) in [6.45, 7) is -0.406. The molecule has 6 nitrogen and oxygen atoms in total. The predicted octanol–water partition coefficient (Wildman–Crippen LogP) is 2.60. The van der Waals surface area contributed by atoms with Crippen molar-refractivity contribution in [3.8, 4) is 0 Å². The van der Waals surface area contributed by atoms with E-state index in [0.717, 1.165) is 5.69 Å².